The van der Waals surface area contributed by atoms with Crippen molar-refractivity contribution in [3.8, 4) is 0 Å². The molecule has 1 saturated carbocycles. The van der Waals surface area contributed by atoms with E-state index in [9.17, 15) is 0 Å². The first-order valence-electron chi connectivity index (χ1n) is 7.36. The van der Waals surface area contributed by atoms with Crippen LogP contribution < -0.4 is 5.73 Å². The Hall–Kier alpha value is -0.420. The molecule has 1 aliphatic heterocycles. The lowest BCUT2D eigenvalue weighted by atomic mass is 9.59. The van der Waals surface area contributed by atoms with E-state index in [1.165, 1.54) is 0 Å². The van der Waals surface area contributed by atoms with Gasteiger partial charge in [-0.05, 0) is 19.3 Å². The van der Waals surface area contributed by atoms with E-state index >= 15 is 0 Å². The molecule has 2 fully saturated rings. The summed E-state index contributed by atoms with van der Waals surface area (Å²) in [6, 6.07) is 0.335. The average molecular weight is 285 g/mol. The predicted octanol–water partition coefficient (Wildman–Crippen LogP) is 1.94. The summed E-state index contributed by atoms with van der Waals surface area (Å²) in [5.41, 5.74) is 6.40. The molecule has 0 amide bonds. The minimum Gasteiger partial charge on any atom is -0.381 e. The molecule has 1 heterocycles. The molecule has 0 aromatic heterocycles. The summed E-state index contributed by atoms with van der Waals surface area (Å²) < 4.78 is 5.61. The van der Waals surface area contributed by atoms with Crippen molar-refractivity contribution in [3.63, 3.8) is 0 Å². The quantitative estimate of drug-likeness (QED) is 0.633. The second-order valence-electron chi connectivity index (χ2n) is 5.50. The molecule has 5 heteroatoms. The van der Waals surface area contributed by atoms with Crippen LogP contribution >= 0.6 is 11.8 Å². The number of hydrogen-bond acceptors (Lipinski definition) is 3. The molecule has 1 aliphatic carbocycles. The van der Waals surface area contributed by atoms with E-state index in [-0.39, 0.29) is 5.41 Å². The fourth-order valence-electron chi connectivity index (χ4n) is 3.45. The largest absolute Gasteiger partial charge is 0.381 e. The molecule has 1 saturated heterocycles. The molecule has 4 nitrogen and oxygen atoms in total. The highest BCUT2D eigenvalue weighted by atomic mass is 32.2. The van der Waals surface area contributed by atoms with Gasteiger partial charge in [0.05, 0.1) is 12.1 Å². The van der Waals surface area contributed by atoms with E-state index in [2.05, 4.69) is 18.7 Å². The molecule has 2 rings (SSSR count). The molecule has 0 spiro atoms. The van der Waals surface area contributed by atoms with Gasteiger partial charge in [0.15, 0.2) is 5.96 Å². The number of methoxy groups -OCH3 is 1. The van der Waals surface area contributed by atoms with Crippen LogP contribution in [-0.4, -0.2) is 54.7 Å². The van der Waals surface area contributed by atoms with Gasteiger partial charge in [0.1, 0.15) is 0 Å². The second-order valence-corrected chi connectivity index (χ2v) is 6.73. The summed E-state index contributed by atoms with van der Waals surface area (Å²) in [6.45, 7) is 6.55. The first-order valence-corrected chi connectivity index (χ1v) is 8.52. The van der Waals surface area contributed by atoms with Gasteiger partial charge in [-0.2, -0.15) is 11.8 Å². The standard InChI is InChI=1S/C14H27N3OS/c1-4-14(5-2)11(10-12(14)18-3)16-13(15)17-6-8-19-9-7-17/h11-12H,4-10H2,1-3H3,(H2,15,16). The summed E-state index contributed by atoms with van der Waals surface area (Å²) in [6.07, 6.45) is 3.58. The third-order valence-electron chi connectivity index (χ3n) is 4.97. The Balaban J connectivity index is 2.05. The van der Waals surface area contributed by atoms with E-state index in [1.807, 2.05) is 18.9 Å². The molecular weight excluding hydrogens is 258 g/mol. The first kappa shape index (κ1) is 15.0. The van der Waals surface area contributed by atoms with Crippen LogP contribution in [0.25, 0.3) is 0 Å². The smallest absolute Gasteiger partial charge is 0.191 e. The maximum absolute atomic E-state index is 6.20. The van der Waals surface area contributed by atoms with Crippen LogP contribution in [0.15, 0.2) is 4.99 Å². The van der Waals surface area contributed by atoms with Crippen molar-refractivity contribution in [3.05, 3.63) is 0 Å². The van der Waals surface area contributed by atoms with Crippen molar-refractivity contribution in [2.75, 3.05) is 31.7 Å². The molecule has 0 aromatic rings. The van der Waals surface area contributed by atoms with Gasteiger partial charge >= 0.3 is 0 Å². The van der Waals surface area contributed by atoms with Crippen LogP contribution in [0.5, 0.6) is 0 Å². The minimum absolute atomic E-state index is 0.198. The third kappa shape index (κ3) is 2.72. The molecule has 19 heavy (non-hydrogen) atoms. The fourth-order valence-corrected chi connectivity index (χ4v) is 4.35. The number of hydrogen-bond donors (Lipinski definition) is 1. The van der Waals surface area contributed by atoms with Gasteiger partial charge in [-0.25, -0.2) is 4.99 Å². The molecular formula is C14H27N3OS. The number of guanidine groups is 1. The monoisotopic (exact) mass is 285 g/mol. The summed E-state index contributed by atoms with van der Waals surface area (Å²) in [4.78, 5) is 7.06. The lowest BCUT2D eigenvalue weighted by molar-refractivity contribution is -0.112. The molecule has 0 bridgehead atoms. The van der Waals surface area contributed by atoms with Crippen molar-refractivity contribution in [1.82, 2.24) is 4.90 Å². The molecule has 0 radical (unpaired) electrons. The van der Waals surface area contributed by atoms with Crippen LogP contribution in [0.3, 0.4) is 0 Å². The highest BCUT2D eigenvalue weighted by Crippen LogP contribution is 2.50. The lowest BCUT2D eigenvalue weighted by Crippen LogP contribution is -2.57. The Morgan fingerprint density at radius 1 is 1.37 bits per heavy atom. The predicted molar refractivity (Wildman–Crippen MR) is 82.7 cm³/mol. The Morgan fingerprint density at radius 2 is 2.00 bits per heavy atom. The highest BCUT2D eigenvalue weighted by molar-refractivity contribution is 7.99. The Labute approximate surface area is 121 Å². The maximum Gasteiger partial charge on any atom is 0.191 e. The summed E-state index contributed by atoms with van der Waals surface area (Å²) >= 11 is 2.00. The minimum atomic E-state index is 0.198. The zero-order valence-corrected chi connectivity index (χ0v) is 13.2. The second kappa shape index (κ2) is 6.35. The molecule has 2 aliphatic rings. The van der Waals surface area contributed by atoms with Crippen LogP contribution in [0.4, 0.5) is 0 Å². The molecule has 2 atom stereocenters. The van der Waals surface area contributed by atoms with Gasteiger partial charge in [-0.3, -0.25) is 0 Å². The highest BCUT2D eigenvalue weighted by Gasteiger charge is 2.53. The number of ether oxygens (including phenoxy) is 1. The summed E-state index contributed by atoms with van der Waals surface area (Å²) in [7, 11) is 1.82. The van der Waals surface area contributed by atoms with Crippen LogP contribution in [0, 0.1) is 5.41 Å². The van der Waals surface area contributed by atoms with Crippen molar-refractivity contribution >= 4 is 17.7 Å². The van der Waals surface area contributed by atoms with Crippen LogP contribution in [-0.2, 0) is 4.74 Å². The van der Waals surface area contributed by atoms with Crippen molar-refractivity contribution in [2.45, 2.75) is 45.3 Å². The maximum atomic E-state index is 6.20. The fraction of sp³-hybridized carbons (Fsp3) is 0.929. The molecule has 2 N–H and O–H groups in total. The molecule has 110 valence electrons. The van der Waals surface area contributed by atoms with E-state index in [0.717, 1.165) is 49.8 Å². The SMILES string of the molecule is CCC1(CC)C(N=C(N)N2CCSCC2)CC1OC. The summed E-state index contributed by atoms with van der Waals surface area (Å²) in [5.74, 6) is 3.06. The van der Waals surface area contributed by atoms with E-state index in [1.54, 1.807) is 0 Å². The van der Waals surface area contributed by atoms with Gasteiger partial charge in [-0.1, -0.05) is 13.8 Å². The average Bonchev–Trinajstić information content (AvgIpc) is 2.45. The Bertz CT molecular complexity index is 325. The van der Waals surface area contributed by atoms with Crippen molar-refractivity contribution in [2.24, 2.45) is 16.1 Å². The number of thioether (sulfide) groups is 1. The van der Waals surface area contributed by atoms with Crippen molar-refractivity contribution in [1.29, 1.82) is 0 Å². The van der Waals surface area contributed by atoms with Gasteiger partial charge in [0.2, 0.25) is 0 Å². The Morgan fingerprint density at radius 3 is 2.53 bits per heavy atom. The first-order chi connectivity index (χ1) is 9.17. The lowest BCUT2D eigenvalue weighted by Gasteiger charge is -2.53. The third-order valence-corrected chi connectivity index (χ3v) is 5.91. The number of rotatable bonds is 4. The Kier molecular flexibility index (Phi) is 5.01. The normalized spacial score (nSPS) is 31.1. The van der Waals surface area contributed by atoms with E-state index in [0.29, 0.717) is 12.1 Å². The van der Waals surface area contributed by atoms with Gasteiger partial charge in [0, 0.05) is 37.1 Å². The number of aliphatic imine (C=N–C) groups is 1. The van der Waals surface area contributed by atoms with E-state index in [4.69, 9.17) is 15.5 Å². The van der Waals surface area contributed by atoms with Gasteiger partial charge in [-0.15, -0.1) is 0 Å². The summed E-state index contributed by atoms with van der Waals surface area (Å²) in [5, 5.41) is 0. The van der Waals surface area contributed by atoms with Crippen LogP contribution in [0.2, 0.25) is 0 Å². The van der Waals surface area contributed by atoms with E-state index < -0.39 is 0 Å². The number of nitrogens with zero attached hydrogens (tertiary/aromatic N) is 2. The number of nitrogens with two attached hydrogens (primary N) is 1. The van der Waals surface area contributed by atoms with Crippen molar-refractivity contribution < 1.29 is 4.74 Å². The van der Waals surface area contributed by atoms with Crippen LogP contribution in [0.1, 0.15) is 33.1 Å². The topological polar surface area (TPSA) is 50.8 Å². The molecule has 0 aromatic carbocycles. The van der Waals surface area contributed by atoms with Gasteiger partial charge in [0.25, 0.3) is 0 Å². The zero-order valence-electron chi connectivity index (χ0n) is 12.4. The molecule has 2 unspecified atom stereocenters. The van der Waals surface area contributed by atoms with Gasteiger partial charge < -0.3 is 15.4 Å². The zero-order chi connectivity index (χ0) is 13.9.